The molecule has 1 aliphatic carbocycles. The van der Waals surface area contributed by atoms with Gasteiger partial charge < -0.3 is 4.42 Å². The minimum Gasteiger partial charge on any atom is -0.447 e. The Morgan fingerprint density at radius 2 is 2.44 bits per heavy atom. The molecule has 0 bridgehead atoms. The highest BCUT2D eigenvalue weighted by Gasteiger charge is 2.29. The molecule has 0 aromatic carbocycles. The molecule has 1 heterocycles. The van der Waals surface area contributed by atoms with Gasteiger partial charge in [-0.3, -0.25) is 0 Å². The summed E-state index contributed by atoms with van der Waals surface area (Å²) in [4.78, 5) is 3.93. The third-order valence-corrected chi connectivity index (χ3v) is 2.09. The average Bonchev–Trinajstić information content (AvgIpc) is 2.58. The topological polar surface area (TPSA) is 26.0 Å². The molecule has 0 spiro atoms. The van der Waals surface area contributed by atoms with E-state index in [0.717, 1.165) is 10.4 Å². The zero-order valence-corrected chi connectivity index (χ0v) is 6.39. The van der Waals surface area contributed by atoms with E-state index in [2.05, 4.69) is 20.9 Å². The lowest BCUT2D eigenvalue weighted by Gasteiger charge is -1.85. The molecular weight excluding hydrogens is 182 g/mol. The predicted octanol–water partition coefficient (Wildman–Crippen LogP) is 2.31. The number of rotatable bonds is 1. The zero-order chi connectivity index (χ0) is 6.27. The van der Waals surface area contributed by atoms with Crippen molar-refractivity contribution in [2.75, 3.05) is 0 Å². The Hall–Kier alpha value is -0.310. The van der Waals surface area contributed by atoms with Gasteiger partial charge in [-0.05, 0) is 28.8 Å². The number of hydrogen-bond acceptors (Lipinski definition) is 2. The summed E-state index contributed by atoms with van der Waals surface area (Å²) < 4.78 is 6.01. The van der Waals surface area contributed by atoms with E-state index in [9.17, 15) is 0 Å². The van der Waals surface area contributed by atoms with Crippen LogP contribution in [-0.2, 0) is 0 Å². The average molecular weight is 188 g/mol. The van der Waals surface area contributed by atoms with E-state index < -0.39 is 0 Å². The Bertz CT molecular complexity index is 217. The van der Waals surface area contributed by atoms with E-state index >= 15 is 0 Å². The third-order valence-electron chi connectivity index (χ3n) is 1.50. The predicted molar refractivity (Wildman–Crippen MR) is 36.2 cm³/mol. The van der Waals surface area contributed by atoms with Crippen LogP contribution in [0.15, 0.2) is 15.4 Å². The molecule has 0 N–H and O–H groups in total. The molecule has 1 aromatic rings. The van der Waals surface area contributed by atoms with Gasteiger partial charge in [0, 0.05) is 5.92 Å². The van der Waals surface area contributed by atoms with E-state index in [1.54, 1.807) is 0 Å². The first-order chi connectivity index (χ1) is 4.38. The fraction of sp³-hybridized carbons (Fsp3) is 0.500. The van der Waals surface area contributed by atoms with E-state index in [0.29, 0.717) is 5.92 Å². The van der Waals surface area contributed by atoms with Crippen LogP contribution in [0.2, 0.25) is 0 Å². The summed E-state index contributed by atoms with van der Waals surface area (Å²) in [5.74, 6) is 1.68. The van der Waals surface area contributed by atoms with Crippen LogP contribution in [0.4, 0.5) is 0 Å². The smallest absolute Gasteiger partial charge is 0.182 e. The van der Waals surface area contributed by atoms with Crippen LogP contribution in [0, 0.1) is 0 Å². The van der Waals surface area contributed by atoms with Crippen molar-refractivity contribution in [2.24, 2.45) is 0 Å². The van der Waals surface area contributed by atoms with Crippen LogP contribution in [-0.4, -0.2) is 4.98 Å². The quantitative estimate of drug-likeness (QED) is 0.675. The van der Waals surface area contributed by atoms with E-state index in [-0.39, 0.29) is 0 Å². The van der Waals surface area contributed by atoms with Crippen molar-refractivity contribution in [1.82, 2.24) is 4.98 Å². The van der Waals surface area contributed by atoms with Gasteiger partial charge in [0.15, 0.2) is 6.39 Å². The fourth-order valence-electron chi connectivity index (χ4n) is 0.852. The van der Waals surface area contributed by atoms with Crippen LogP contribution in [0.25, 0.3) is 0 Å². The van der Waals surface area contributed by atoms with E-state index in [1.807, 2.05) is 0 Å². The normalized spacial score (nSPS) is 18.3. The number of aromatic nitrogens is 1. The molecule has 9 heavy (non-hydrogen) atoms. The Morgan fingerprint density at radius 1 is 1.67 bits per heavy atom. The fourth-order valence-corrected chi connectivity index (χ4v) is 1.35. The molecule has 1 aromatic heterocycles. The van der Waals surface area contributed by atoms with Gasteiger partial charge in [0.25, 0.3) is 0 Å². The number of oxazole rings is 1. The Balaban J connectivity index is 2.35. The van der Waals surface area contributed by atoms with Gasteiger partial charge in [-0.2, -0.15) is 0 Å². The van der Waals surface area contributed by atoms with Gasteiger partial charge in [0.2, 0.25) is 0 Å². The largest absolute Gasteiger partial charge is 0.447 e. The lowest BCUT2D eigenvalue weighted by atomic mass is 10.3. The van der Waals surface area contributed by atoms with Crippen molar-refractivity contribution in [3.63, 3.8) is 0 Å². The van der Waals surface area contributed by atoms with Crippen LogP contribution in [0.1, 0.15) is 24.5 Å². The molecule has 0 radical (unpaired) electrons. The summed E-state index contributed by atoms with van der Waals surface area (Å²) in [6.45, 7) is 0. The van der Waals surface area contributed by atoms with Gasteiger partial charge in [0.05, 0.1) is 0 Å². The van der Waals surface area contributed by atoms with Crippen molar-refractivity contribution in [3.8, 4) is 0 Å². The van der Waals surface area contributed by atoms with Gasteiger partial charge in [-0.1, -0.05) is 0 Å². The number of nitrogens with zero attached hydrogens (tertiary/aromatic N) is 1. The first kappa shape index (κ1) is 5.47. The molecule has 2 rings (SSSR count). The van der Waals surface area contributed by atoms with Gasteiger partial charge in [0.1, 0.15) is 10.4 Å². The van der Waals surface area contributed by atoms with Gasteiger partial charge >= 0.3 is 0 Å². The first-order valence-corrected chi connectivity index (χ1v) is 3.76. The standard InChI is InChI=1S/C6H6BrNO/c7-6-5(4-1-2-4)9-3-8-6/h3-4H,1-2H2. The van der Waals surface area contributed by atoms with Crippen LogP contribution in [0.5, 0.6) is 0 Å². The van der Waals surface area contributed by atoms with Crippen molar-refractivity contribution in [2.45, 2.75) is 18.8 Å². The lowest BCUT2D eigenvalue weighted by molar-refractivity contribution is 0.504. The highest BCUT2D eigenvalue weighted by molar-refractivity contribution is 9.10. The molecule has 1 saturated carbocycles. The Kier molecular flexibility index (Phi) is 1.12. The van der Waals surface area contributed by atoms with Crippen molar-refractivity contribution < 1.29 is 4.42 Å². The summed E-state index contributed by atoms with van der Waals surface area (Å²) in [6.07, 6.45) is 4.00. The third kappa shape index (κ3) is 0.894. The SMILES string of the molecule is Brc1ncoc1C1CC1. The molecular formula is C6H6BrNO. The molecule has 0 atom stereocenters. The molecule has 0 saturated heterocycles. The summed E-state index contributed by atoms with van der Waals surface area (Å²) in [5, 5.41) is 0. The molecule has 0 unspecified atom stereocenters. The van der Waals surface area contributed by atoms with Gasteiger partial charge in [-0.25, -0.2) is 4.98 Å². The maximum Gasteiger partial charge on any atom is 0.182 e. The maximum atomic E-state index is 5.13. The molecule has 2 nitrogen and oxygen atoms in total. The summed E-state index contributed by atoms with van der Waals surface area (Å²) in [7, 11) is 0. The minimum atomic E-state index is 0.655. The van der Waals surface area contributed by atoms with Crippen molar-refractivity contribution in [1.29, 1.82) is 0 Å². The molecule has 1 aliphatic rings. The van der Waals surface area contributed by atoms with Crippen LogP contribution < -0.4 is 0 Å². The van der Waals surface area contributed by atoms with Crippen molar-refractivity contribution >= 4 is 15.9 Å². The summed E-state index contributed by atoms with van der Waals surface area (Å²) in [6, 6.07) is 0. The second kappa shape index (κ2) is 1.84. The molecule has 48 valence electrons. The number of hydrogen-bond donors (Lipinski definition) is 0. The second-order valence-electron chi connectivity index (χ2n) is 2.28. The zero-order valence-electron chi connectivity index (χ0n) is 4.80. The minimum absolute atomic E-state index is 0.655. The highest BCUT2D eigenvalue weighted by Crippen LogP contribution is 2.42. The van der Waals surface area contributed by atoms with E-state index in [4.69, 9.17) is 4.42 Å². The van der Waals surface area contributed by atoms with Crippen LogP contribution >= 0.6 is 15.9 Å². The monoisotopic (exact) mass is 187 g/mol. The maximum absolute atomic E-state index is 5.13. The first-order valence-electron chi connectivity index (χ1n) is 2.97. The molecule has 0 aliphatic heterocycles. The molecule has 1 fully saturated rings. The van der Waals surface area contributed by atoms with Crippen LogP contribution in [0.3, 0.4) is 0 Å². The van der Waals surface area contributed by atoms with Gasteiger partial charge in [-0.15, -0.1) is 0 Å². The summed E-state index contributed by atoms with van der Waals surface area (Å²) in [5.41, 5.74) is 0. The summed E-state index contributed by atoms with van der Waals surface area (Å²) >= 11 is 3.30. The second-order valence-corrected chi connectivity index (χ2v) is 3.03. The Labute approximate surface area is 61.4 Å². The molecule has 3 heteroatoms. The lowest BCUT2D eigenvalue weighted by Crippen LogP contribution is -1.72. The Morgan fingerprint density at radius 3 is 2.89 bits per heavy atom. The highest BCUT2D eigenvalue weighted by atomic mass is 79.9. The van der Waals surface area contributed by atoms with Crippen molar-refractivity contribution in [3.05, 3.63) is 16.8 Å². The molecule has 0 amide bonds. The van der Waals surface area contributed by atoms with E-state index in [1.165, 1.54) is 19.2 Å². The number of halogens is 1.